The zero-order valence-electron chi connectivity index (χ0n) is 11.2. The van der Waals surface area contributed by atoms with E-state index in [1.807, 2.05) is 0 Å². The van der Waals surface area contributed by atoms with Crippen molar-refractivity contribution in [2.75, 3.05) is 0 Å². The fourth-order valence-corrected chi connectivity index (χ4v) is 2.72. The first-order valence-corrected chi connectivity index (χ1v) is 6.43. The molecule has 1 heteroatoms. The molecule has 0 aliphatic carbocycles. The summed E-state index contributed by atoms with van der Waals surface area (Å²) in [5, 5.41) is 0. The molecule has 0 N–H and O–H groups in total. The smallest absolute Gasteiger partial charge is 0.0253 e. The lowest BCUT2D eigenvalue weighted by Gasteiger charge is -2.06. The van der Waals surface area contributed by atoms with Gasteiger partial charge in [0.05, 0.1) is 0 Å². The molecular formula is C16H21N. The molecule has 90 valence electrons. The maximum atomic E-state index is 2.35. The van der Waals surface area contributed by atoms with E-state index in [-0.39, 0.29) is 0 Å². The molecule has 0 aliphatic heterocycles. The minimum atomic E-state index is 1.08. The van der Waals surface area contributed by atoms with Gasteiger partial charge in [0.25, 0.3) is 0 Å². The van der Waals surface area contributed by atoms with Gasteiger partial charge in [-0.1, -0.05) is 44.2 Å². The number of rotatable bonds is 3. The van der Waals surface area contributed by atoms with Crippen LogP contribution in [0.15, 0.2) is 30.3 Å². The van der Waals surface area contributed by atoms with Gasteiger partial charge >= 0.3 is 0 Å². The maximum Gasteiger partial charge on any atom is 0.0253 e. The van der Waals surface area contributed by atoms with Gasteiger partial charge in [0.2, 0.25) is 0 Å². The van der Waals surface area contributed by atoms with Crippen molar-refractivity contribution < 1.29 is 0 Å². The van der Waals surface area contributed by atoms with E-state index in [2.05, 4.69) is 62.7 Å². The Morgan fingerprint density at radius 2 is 1.65 bits per heavy atom. The van der Waals surface area contributed by atoms with Gasteiger partial charge in [0.1, 0.15) is 0 Å². The first kappa shape index (κ1) is 12.0. The van der Waals surface area contributed by atoms with Gasteiger partial charge < -0.3 is 4.57 Å². The molecule has 0 spiro atoms. The highest BCUT2D eigenvalue weighted by atomic mass is 15.0. The Morgan fingerprint density at radius 3 is 2.18 bits per heavy atom. The van der Waals surface area contributed by atoms with Crippen molar-refractivity contribution in [3.63, 3.8) is 0 Å². The van der Waals surface area contributed by atoms with Crippen molar-refractivity contribution in [1.82, 2.24) is 4.57 Å². The molecule has 0 saturated heterocycles. The fourth-order valence-electron chi connectivity index (χ4n) is 2.72. The zero-order chi connectivity index (χ0) is 12.4. The van der Waals surface area contributed by atoms with Crippen LogP contribution in [0.4, 0.5) is 0 Å². The van der Waals surface area contributed by atoms with Crippen LogP contribution in [0.2, 0.25) is 0 Å². The van der Waals surface area contributed by atoms with E-state index in [1.54, 1.807) is 0 Å². The molecule has 0 aliphatic rings. The van der Waals surface area contributed by atoms with E-state index in [9.17, 15) is 0 Å². The predicted molar refractivity (Wildman–Crippen MR) is 74.3 cm³/mol. The molecule has 0 unspecified atom stereocenters. The van der Waals surface area contributed by atoms with Crippen LogP contribution in [-0.2, 0) is 19.9 Å². The number of hydrogen-bond donors (Lipinski definition) is 0. The molecule has 17 heavy (non-hydrogen) atoms. The largest absolute Gasteiger partial charge is 0.351 e. The third-order valence-corrected chi connectivity index (χ3v) is 3.69. The lowest BCUT2D eigenvalue weighted by Crippen LogP contribution is -1.97. The van der Waals surface area contributed by atoms with Crippen LogP contribution in [0.1, 0.15) is 30.8 Å². The second-order valence-electron chi connectivity index (χ2n) is 4.52. The Kier molecular flexibility index (Phi) is 3.37. The van der Waals surface area contributed by atoms with Crippen molar-refractivity contribution in [2.24, 2.45) is 7.05 Å². The highest BCUT2D eigenvalue weighted by Crippen LogP contribution is 2.32. The molecular weight excluding hydrogens is 206 g/mol. The minimum absolute atomic E-state index is 1.08. The molecule has 1 nitrogen and oxygen atoms in total. The number of nitrogens with zero attached hydrogens (tertiary/aromatic N) is 1. The Labute approximate surface area is 104 Å². The molecule has 2 aromatic rings. The minimum Gasteiger partial charge on any atom is -0.351 e. The van der Waals surface area contributed by atoms with Crippen LogP contribution in [0.3, 0.4) is 0 Å². The fraction of sp³-hybridized carbons (Fsp3) is 0.375. The average Bonchev–Trinajstić information content (AvgIpc) is 2.62. The number of hydrogen-bond acceptors (Lipinski definition) is 0. The second kappa shape index (κ2) is 4.79. The summed E-state index contributed by atoms with van der Waals surface area (Å²) in [7, 11) is 2.18. The van der Waals surface area contributed by atoms with E-state index >= 15 is 0 Å². The van der Waals surface area contributed by atoms with Gasteiger partial charge in [-0.25, -0.2) is 0 Å². The van der Waals surface area contributed by atoms with E-state index in [4.69, 9.17) is 0 Å². The molecule has 1 aromatic carbocycles. The molecule has 0 amide bonds. The van der Waals surface area contributed by atoms with Gasteiger partial charge in [-0.2, -0.15) is 0 Å². The average molecular weight is 227 g/mol. The van der Waals surface area contributed by atoms with Gasteiger partial charge in [-0.05, 0) is 30.9 Å². The monoisotopic (exact) mass is 227 g/mol. The topological polar surface area (TPSA) is 4.93 Å². The summed E-state index contributed by atoms with van der Waals surface area (Å²) in [5.74, 6) is 0. The first-order valence-electron chi connectivity index (χ1n) is 6.43. The van der Waals surface area contributed by atoms with Crippen LogP contribution < -0.4 is 0 Å². The van der Waals surface area contributed by atoms with E-state index in [0.717, 1.165) is 12.8 Å². The van der Waals surface area contributed by atoms with Gasteiger partial charge in [0.15, 0.2) is 0 Å². The van der Waals surface area contributed by atoms with Gasteiger partial charge in [-0.15, -0.1) is 0 Å². The second-order valence-corrected chi connectivity index (χ2v) is 4.52. The molecule has 0 radical (unpaired) electrons. The molecule has 0 fully saturated rings. The molecule has 2 rings (SSSR count). The van der Waals surface area contributed by atoms with Crippen molar-refractivity contribution >= 4 is 0 Å². The van der Waals surface area contributed by atoms with Crippen LogP contribution in [0.25, 0.3) is 11.1 Å². The van der Waals surface area contributed by atoms with Crippen molar-refractivity contribution in [3.8, 4) is 11.1 Å². The Hall–Kier alpha value is -1.50. The quantitative estimate of drug-likeness (QED) is 0.743. The van der Waals surface area contributed by atoms with E-state index in [0.29, 0.717) is 0 Å². The zero-order valence-corrected chi connectivity index (χ0v) is 11.2. The van der Waals surface area contributed by atoms with Crippen LogP contribution in [-0.4, -0.2) is 4.57 Å². The summed E-state index contributed by atoms with van der Waals surface area (Å²) in [6.07, 6.45) is 2.19. The summed E-state index contributed by atoms with van der Waals surface area (Å²) < 4.78 is 2.35. The molecule has 0 saturated carbocycles. The van der Waals surface area contributed by atoms with E-state index in [1.165, 1.54) is 28.1 Å². The van der Waals surface area contributed by atoms with Gasteiger partial charge in [0, 0.05) is 24.0 Å². The van der Waals surface area contributed by atoms with Crippen molar-refractivity contribution in [3.05, 3.63) is 47.3 Å². The summed E-state index contributed by atoms with van der Waals surface area (Å²) in [6.45, 7) is 6.71. The van der Waals surface area contributed by atoms with Gasteiger partial charge in [-0.3, -0.25) is 0 Å². The van der Waals surface area contributed by atoms with Crippen LogP contribution >= 0.6 is 0 Å². The number of benzene rings is 1. The third kappa shape index (κ3) is 1.90. The molecule has 1 aromatic heterocycles. The Morgan fingerprint density at radius 1 is 1.00 bits per heavy atom. The van der Waals surface area contributed by atoms with E-state index < -0.39 is 0 Å². The normalized spacial score (nSPS) is 10.8. The SMILES string of the molecule is CCc1c(-c2ccccc2)c(CC)n(C)c1C. The Bertz CT molecular complexity index is 479. The highest BCUT2D eigenvalue weighted by molar-refractivity contribution is 5.72. The van der Waals surface area contributed by atoms with Crippen molar-refractivity contribution in [2.45, 2.75) is 33.6 Å². The maximum absolute atomic E-state index is 2.35. The predicted octanol–water partition coefficient (Wildman–Crippen LogP) is 4.13. The third-order valence-electron chi connectivity index (χ3n) is 3.69. The summed E-state index contributed by atoms with van der Waals surface area (Å²) >= 11 is 0. The molecule has 1 heterocycles. The molecule has 0 bridgehead atoms. The number of aromatic nitrogens is 1. The Balaban J connectivity index is 2.71. The molecule has 0 atom stereocenters. The highest BCUT2D eigenvalue weighted by Gasteiger charge is 2.16. The summed E-state index contributed by atoms with van der Waals surface area (Å²) in [6, 6.07) is 10.8. The standard InChI is InChI=1S/C16H21N/c1-5-14-12(3)17(4)15(6-2)16(14)13-10-8-7-9-11-13/h7-11H,5-6H2,1-4H3. The van der Waals surface area contributed by atoms with Crippen molar-refractivity contribution in [1.29, 1.82) is 0 Å². The summed E-state index contributed by atoms with van der Waals surface area (Å²) in [5.41, 5.74) is 7.16. The first-order chi connectivity index (χ1) is 8.20. The lowest BCUT2D eigenvalue weighted by molar-refractivity contribution is 0.804. The summed E-state index contributed by atoms with van der Waals surface area (Å²) in [4.78, 5) is 0. The van der Waals surface area contributed by atoms with Crippen LogP contribution in [0, 0.1) is 6.92 Å². The lowest BCUT2D eigenvalue weighted by atomic mass is 9.98. The van der Waals surface area contributed by atoms with Crippen LogP contribution in [0.5, 0.6) is 0 Å².